The number of rotatable bonds is 2. The molecule has 4 heteroatoms. The lowest BCUT2D eigenvalue weighted by Crippen LogP contribution is -2.38. The molecule has 0 spiro atoms. The molecule has 0 unspecified atom stereocenters. The quantitative estimate of drug-likeness (QED) is 0.912. The molecule has 1 aliphatic carbocycles. The first-order valence-electron chi connectivity index (χ1n) is 5.91. The highest BCUT2D eigenvalue weighted by molar-refractivity contribution is 9.10. The fourth-order valence-corrected chi connectivity index (χ4v) is 2.72. The molecule has 3 nitrogen and oxygen atoms in total. The van der Waals surface area contributed by atoms with Crippen LogP contribution < -0.4 is 5.32 Å². The third-order valence-electron chi connectivity index (χ3n) is 3.68. The van der Waals surface area contributed by atoms with E-state index < -0.39 is 0 Å². The zero-order valence-electron chi connectivity index (χ0n) is 9.91. The predicted molar refractivity (Wildman–Crippen MR) is 70.5 cm³/mol. The average Bonchev–Trinajstić information content (AvgIpc) is 2.40. The summed E-state index contributed by atoms with van der Waals surface area (Å²) in [5.74, 6) is 0. The molecular weight excluding hydrogens is 278 g/mol. The molecule has 0 atom stereocenters. The van der Waals surface area contributed by atoms with Crippen molar-refractivity contribution >= 4 is 15.9 Å². The van der Waals surface area contributed by atoms with Gasteiger partial charge in [-0.2, -0.15) is 5.26 Å². The second kappa shape index (κ2) is 5.16. The molecule has 1 aliphatic rings. The van der Waals surface area contributed by atoms with Gasteiger partial charge < -0.3 is 5.32 Å². The standard InChI is InChI=1S/C13H16BrN3/c1-16-11-4-6-13(9-15,7-5-11)12-3-2-10(14)8-17-12/h2-3,8,11,16H,4-7H2,1H3. The highest BCUT2D eigenvalue weighted by atomic mass is 79.9. The minimum atomic E-state index is -0.381. The smallest absolute Gasteiger partial charge is 0.0994 e. The summed E-state index contributed by atoms with van der Waals surface area (Å²) in [6.07, 6.45) is 5.65. The zero-order chi connectivity index (χ0) is 12.3. The Kier molecular flexibility index (Phi) is 3.80. The number of nitrogens with one attached hydrogen (secondary N) is 1. The maximum atomic E-state index is 9.50. The number of hydrogen-bond acceptors (Lipinski definition) is 3. The van der Waals surface area contributed by atoms with E-state index in [0.29, 0.717) is 6.04 Å². The first-order valence-corrected chi connectivity index (χ1v) is 6.70. The maximum absolute atomic E-state index is 9.50. The molecular formula is C13H16BrN3. The van der Waals surface area contributed by atoms with Crippen molar-refractivity contribution in [2.24, 2.45) is 0 Å². The fraction of sp³-hybridized carbons (Fsp3) is 0.538. The van der Waals surface area contributed by atoms with E-state index >= 15 is 0 Å². The summed E-state index contributed by atoms with van der Waals surface area (Å²) in [4.78, 5) is 4.41. The Morgan fingerprint density at radius 2 is 2.18 bits per heavy atom. The molecule has 17 heavy (non-hydrogen) atoms. The number of pyridine rings is 1. The van der Waals surface area contributed by atoms with Gasteiger partial charge in [-0.05, 0) is 60.8 Å². The van der Waals surface area contributed by atoms with Crippen molar-refractivity contribution in [3.8, 4) is 6.07 Å². The Bertz CT molecular complexity index is 413. The van der Waals surface area contributed by atoms with E-state index in [9.17, 15) is 5.26 Å². The number of hydrogen-bond donors (Lipinski definition) is 1. The molecule has 0 bridgehead atoms. The Labute approximate surface area is 110 Å². The van der Waals surface area contributed by atoms with Gasteiger partial charge in [0.1, 0.15) is 0 Å². The molecule has 1 N–H and O–H groups in total. The summed E-state index contributed by atoms with van der Waals surface area (Å²) in [6, 6.07) is 6.97. The third-order valence-corrected chi connectivity index (χ3v) is 4.15. The van der Waals surface area contributed by atoms with Gasteiger partial charge in [0.2, 0.25) is 0 Å². The van der Waals surface area contributed by atoms with E-state index in [2.05, 4.69) is 32.3 Å². The molecule has 0 saturated heterocycles. The first kappa shape index (κ1) is 12.5. The van der Waals surface area contributed by atoms with Crippen LogP contribution in [0.4, 0.5) is 0 Å². The van der Waals surface area contributed by atoms with Gasteiger partial charge in [0.05, 0.1) is 17.2 Å². The lowest BCUT2D eigenvalue weighted by atomic mass is 9.71. The lowest BCUT2D eigenvalue weighted by molar-refractivity contribution is 0.301. The van der Waals surface area contributed by atoms with Crippen LogP contribution in [0.3, 0.4) is 0 Å². The molecule has 0 radical (unpaired) electrons. The highest BCUT2D eigenvalue weighted by Gasteiger charge is 2.37. The van der Waals surface area contributed by atoms with Crippen molar-refractivity contribution in [1.82, 2.24) is 10.3 Å². The Morgan fingerprint density at radius 1 is 1.47 bits per heavy atom. The summed E-state index contributed by atoms with van der Waals surface area (Å²) in [5, 5.41) is 12.8. The van der Waals surface area contributed by atoms with Crippen LogP contribution in [-0.2, 0) is 5.41 Å². The SMILES string of the molecule is CNC1CCC(C#N)(c2ccc(Br)cn2)CC1. The van der Waals surface area contributed by atoms with Gasteiger partial charge in [-0.1, -0.05) is 0 Å². The van der Waals surface area contributed by atoms with Gasteiger partial charge in [-0.15, -0.1) is 0 Å². The van der Waals surface area contributed by atoms with Crippen LogP contribution in [0.15, 0.2) is 22.8 Å². The van der Waals surface area contributed by atoms with Crippen LogP contribution in [-0.4, -0.2) is 18.1 Å². The molecule has 0 aliphatic heterocycles. The van der Waals surface area contributed by atoms with E-state index in [1.807, 2.05) is 19.2 Å². The molecule has 2 rings (SSSR count). The van der Waals surface area contributed by atoms with E-state index in [4.69, 9.17) is 0 Å². The largest absolute Gasteiger partial charge is 0.317 e. The number of nitrogens with zero attached hydrogens (tertiary/aromatic N) is 2. The van der Waals surface area contributed by atoms with Gasteiger partial charge >= 0.3 is 0 Å². The van der Waals surface area contributed by atoms with Gasteiger partial charge in [-0.3, -0.25) is 4.98 Å². The molecule has 0 aromatic carbocycles. The molecule has 90 valence electrons. The van der Waals surface area contributed by atoms with Gasteiger partial charge in [-0.25, -0.2) is 0 Å². The monoisotopic (exact) mass is 293 g/mol. The molecule has 0 amide bonds. The van der Waals surface area contributed by atoms with Gasteiger partial charge in [0.25, 0.3) is 0 Å². The van der Waals surface area contributed by atoms with Crippen molar-refractivity contribution in [3.05, 3.63) is 28.5 Å². The molecule has 1 aromatic heterocycles. The van der Waals surface area contributed by atoms with E-state index in [1.54, 1.807) is 6.20 Å². The lowest BCUT2D eigenvalue weighted by Gasteiger charge is -2.34. The second-order valence-electron chi connectivity index (χ2n) is 4.62. The van der Waals surface area contributed by atoms with E-state index in [1.165, 1.54) is 0 Å². The topological polar surface area (TPSA) is 48.7 Å². The summed E-state index contributed by atoms with van der Waals surface area (Å²) in [6.45, 7) is 0. The van der Waals surface area contributed by atoms with Crippen LogP contribution in [0.1, 0.15) is 31.4 Å². The fourth-order valence-electron chi connectivity index (χ4n) is 2.48. The highest BCUT2D eigenvalue weighted by Crippen LogP contribution is 2.38. The number of aromatic nitrogens is 1. The minimum absolute atomic E-state index is 0.381. The number of nitriles is 1. The molecule has 1 saturated carbocycles. The minimum Gasteiger partial charge on any atom is -0.317 e. The summed E-state index contributed by atoms with van der Waals surface area (Å²) in [7, 11) is 1.99. The second-order valence-corrected chi connectivity index (χ2v) is 5.53. The Morgan fingerprint density at radius 3 is 2.65 bits per heavy atom. The molecule has 1 fully saturated rings. The van der Waals surface area contributed by atoms with Crippen molar-refractivity contribution < 1.29 is 0 Å². The molecule has 1 aromatic rings. The Hall–Kier alpha value is -0.920. The first-order chi connectivity index (χ1) is 8.20. The Balaban J connectivity index is 2.22. The molecule has 1 heterocycles. The maximum Gasteiger partial charge on any atom is 0.0994 e. The van der Waals surface area contributed by atoms with Crippen molar-refractivity contribution in [2.75, 3.05) is 7.05 Å². The zero-order valence-corrected chi connectivity index (χ0v) is 11.5. The van der Waals surface area contributed by atoms with Crippen molar-refractivity contribution in [2.45, 2.75) is 37.1 Å². The summed E-state index contributed by atoms with van der Waals surface area (Å²) >= 11 is 3.37. The van der Waals surface area contributed by atoms with Crippen molar-refractivity contribution in [3.63, 3.8) is 0 Å². The van der Waals surface area contributed by atoms with Crippen molar-refractivity contribution in [1.29, 1.82) is 5.26 Å². The average molecular weight is 294 g/mol. The number of halogens is 1. The van der Waals surface area contributed by atoms with E-state index in [-0.39, 0.29) is 5.41 Å². The third kappa shape index (κ3) is 2.51. The predicted octanol–water partition coefficient (Wildman–Crippen LogP) is 2.77. The van der Waals surface area contributed by atoms with Gasteiger partial charge in [0, 0.05) is 16.7 Å². The normalized spacial score (nSPS) is 28.6. The summed E-state index contributed by atoms with van der Waals surface area (Å²) < 4.78 is 0.957. The summed E-state index contributed by atoms with van der Waals surface area (Å²) in [5.41, 5.74) is 0.534. The van der Waals surface area contributed by atoms with Crippen LogP contribution in [0.25, 0.3) is 0 Å². The van der Waals surface area contributed by atoms with Gasteiger partial charge in [0.15, 0.2) is 0 Å². The van der Waals surface area contributed by atoms with Crippen LogP contribution in [0.5, 0.6) is 0 Å². The van der Waals surface area contributed by atoms with Crippen LogP contribution in [0.2, 0.25) is 0 Å². The van der Waals surface area contributed by atoms with E-state index in [0.717, 1.165) is 35.8 Å². The van der Waals surface area contributed by atoms with Crippen LogP contribution >= 0.6 is 15.9 Å². The van der Waals surface area contributed by atoms with Crippen LogP contribution in [0, 0.1) is 11.3 Å².